The lowest BCUT2D eigenvalue weighted by Crippen LogP contribution is -2.02. The maximum atomic E-state index is 11.9. The van der Waals surface area contributed by atoms with E-state index < -0.39 is 21.5 Å². The highest BCUT2D eigenvalue weighted by Gasteiger charge is 2.16. The van der Waals surface area contributed by atoms with Gasteiger partial charge in [0.15, 0.2) is 0 Å². The van der Waals surface area contributed by atoms with Crippen molar-refractivity contribution < 1.29 is 17.9 Å². The van der Waals surface area contributed by atoms with Crippen LogP contribution >= 0.6 is 0 Å². The molecule has 1 aromatic rings. The number of rotatable bonds is 3. The summed E-state index contributed by atoms with van der Waals surface area (Å²) in [5.74, 6) is -2.98. The van der Waals surface area contributed by atoms with Crippen LogP contribution in [0.3, 0.4) is 0 Å². The zero-order chi connectivity index (χ0) is 10.7. The summed E-state index contributed by atoms with van der Waals surface area (Å²) in [4.78, 5) is 9.42. The zero-order valence-corrected chi connectivity index (χ0v) is 7.54. The van der Waals surface area contributed by atoms with Gasteiger partial charge in [0.1, 0.15) is 10.8 Å². The first kappa shape index (κ1) is 10.7. The summed E-state index contributed by atoms with van der Waals surface area (Å²) < 4.78 is 34.7. The van der Waals surface area contributed by atoms with Gasteiger partial charge in [-0.3, -0.25) is 10.1 Å². The minimum absolute atomic E-state index is 0.120. The number of non-ortho nitro benzene ring substituents is 1. The van der Waals surface area contributed by atoms with Crippen molar-refractivity contribution in [1.82, 2.24) is 0 Å². The molecule has 0 saturated heterocycles. The second-order valence-electron chi connectivity index (χ2n) is 2.31. The molecule has 1 atom stereocenters. The van der Waals surface area contributed by atoms with Gasteiger partial charge in [-0.1, -0.05) is 0 Å². The zero-order valence-electron chi connectivity index (χ0n) is 6.72. The monoisotopic (exact) mass is 221 g/mol. The molecule has 0 N–H and O–H groups in total. The summed E-state index contributed by atoms with van der Waals surface area (Å²) in [5.41, 5.74) is -0.222. The van der Waals surface area contributed by atoms with E-state index in [1.807, 2.05) is 0 Å². The van der Waals surface area contributed by atoms with Crippen molar-refractivity contribution in [3.05, 3.63) is 34.4 Å². The van der Waals surface area contributed by atoms with Crippen LogP contribution in [-0.2, 0) is 10.8 Å². The van der Waals surface area contributed by atoms with E-state index >= 15 is 0 Å². The molecule has 0 fully saturated rings. The second kappa shape index (κ2) is 4.23. The molecule has 14 heavy (non-hydrogen) atoms. The van der Waals surface area contributed by atoms with Crippen molar-refractivity contribution in [1.29, 1.82) is 0 Å². The molecule has 76 valence electrons. The molecule has 0 bridgehead atoms. The van der Waals surface area contributed by atoms with Crippen LogP contribution in [0.2, 0.25) is 0 Å². The van der Waals surface area contributed by atoms with E-state index in [1.54, 1.807) is 0 Å². The van der Waals surface area contributed by atoms with Gasteiger partial charge in [-0.05, 0) is 12.1 Å². The molecule has 0 heterocycles. The van der Waals surface area contributed by atoms with Gasteiger partial charge >= 0.3 is 5.76 Å². The van der Waals surface area contributed by atoms with Gasteiger partial charge in [-0.2, -0.15) is 8.78 Å². The van der Waals surface area contributed by atoms with Gasteiger partial charge in [0.2, 0.25) is 0 Å². The number of halogens is 2. The van der Waals surface area contributed by atoms with E-state index in [2.05, 4.69) is 0 Å². The minimum atomic E-state index is -2.98. The van der Waals surface area contributed by atoms with E-state index in [1.165, 1.54) is 0 Å². The van der Waals surface area contributed by atoms with Crippen LogP contribution in [0, 0.1) is 10.1 Å². The summed E-state index contributed by atoms with van der Waals surface area (Å²) >= 11 is 0. The van der Waals surface area contributed by atoms with Crippen molar-refractivity contribution in [2.24, 2.45) is 0 Å². The molecule has 0 aromatic heterocycles. The summed E-state index contributed by atoms with van der Waals surface area (Å²) in [7, 11) is -2.41. The SMILES string of the molecule is O=[N+]([O-])c1ccc(S(=O)C(F)F)cc1. The first-order valence-electron chi connectivity index (χ1n) is 3.45. The number of hydrogen-bond acceptors (Lipinski definition) is 3. The Kier molecular flexibility index (Phi) is 3.23. The Morgan fingerprint density at radius 3 is 2.14 bits per heavy atom. The summed E-state index contributed by atoms with van der Waals surface area (Å²) in [6.45, 7) is 0. The van der Waals surface area contributed by atoms with Gasteiger partial charge < -0.3 is 0 Å². The smallest absolute Gasteiger partial charge is 0.258 e. The van der Waals surface area contributed by atoms with E-state index in [0.29, 0.717) is 0 Å². The van der Waals surface area contributed by atoms with Gasteiger partial charge in [-0.15, -0.1) is 0 Å². The van der Waals surface area contributed by atoms with Crippen molar-refractivity contribution in [3.63, 3.8) is 0 Å². The van der Waals surface area contributed by atoms with Crippen molar-refractivity contribution in [3.8, 4) is 0 Å². The number of benzene rings is 1. The Morgan fingerprint density at radius 1 is 1.29 bits per heavy atom. The number of nitro benzene ring substituents is 1. The summed E-state index contributed by atoms with van der Waals surface area (Å²) in [6, 6.07) is 4.19. The largest absolute Gasteiger partial charge is 0.316 e. The molecule has 0 aliphatic rings. The van der Waals surface area contributed by atoms with Crippen molar-refractivity contribution in [2.45, 2.75) is 10.7 Å². The molecule has 0 amide bonds. The molecule has 0 aliphatic carbocycles. The molecule has 4 nitrogen and oxygen atoms in total. The second-order valence-corrected chi connectivity index (χ2v) is 3.73. The fraction of sp³-hybridized carbons (Fsp3) is 0.143. The van der Waals surface area contributed by atoms with Gasteiger partial charge in [0, 0.05) is 17.0 Å². The number of alkyl halides is 2. The molecular weight excluding hydrogens is 216 g/mol. The molecule has 1 aromatic carbocycles. The maximum absolute atomic E-state index is 11.9. The molecule has 1 rings (SSSR count). The van der Waals surface area contributed by atoms with E-state index in [9.17, 15) is 23.1 Å². The van der Waals surface area contributed by atoms with Crippen LogP contribution in [0.5, 0.6) is 0 Å². The van der Waals surface area contributed by atoms with Gasteiger partial charge in [-0.25, -0.2) is 4.21 Å². The summed E-state index contributed by atoms with van der Waals surface area (Å²) in [5, 5.41) is 10.2. The first-order valence-corrected chi connectivity index (χ1v) is 4.67. The fourth-order valence-electron chi connectivity index (χ4n) is 0.805. The molecule has 7 heteroatoms. The van der Waals surface area contributed by atoms with Crippen LogP contribution in [0.25, 0.3) is 0 Å². The van der Waals surface area contributed by atoms with Gasteiger partial charge in [0.05, 0.1) is 4.92 Å². The van der Waals surface area contributed by atoms with E-state index in [-0.39, 0.29) is 10.6 Å². The van der Waals surface area contributed by atoms with Crippen LogP contribution in [-0.4, -0.2) is 14.9 Å². The van der Waals surface area contributed by atoms with Crippen LogP contribution in [0.15, 0.2) is 29.2 Å². The highest BCUT2D eigenvalue weighted by Crippen LogP contribution is 2.17. The third-order valence-electron chi connectivity index (χ3n) is 1.44. The first-order chi connectivity index (χ1) is 6.52. The standard InChI is InChI=1S/C7H5F2NO3S/c8-7(9)14(13)6-3-1-5(2-4-6)10(11)12/h1-4,7H. The molecule has 1 unspecified atom stereocenters. The Morgan fingerprint density at radius 2 is 1.79 bits per heavy atom. The number of hydrogen-bond donors (Lipinski definition) is 0. The Balaban J connectivity index is 2.94. The quantitative estimate of drug-likeness (QED) is 0.578. The minimum Gasteiger partial charge on any atom is -0.258 e. The topological polar surface area (TPSA) is 60.2 Å². The highest BCUT2D eigenvalue weighted by molar-refractivity contribution is 7.85. The molecule has 0 saturated carbocycles. The molecule has 0 radical (unpaired) electrons. The molecule has 0 aliphatic heterocycles. The van der Waals surface area contributed by atoms with Crippen LogP contribution in [0.1, 0.15) is 0 Å². The third-order valence-corrected chi connectivity index (χ3v) is 2.50. The number of nitrogens with zero attached hydrogens (tertiary/aromatic N) is 1. The third kappa shape index (κ3) is 2.32. The lowest BCUT2D eigenvalue weighted by atomic mass is 10.3. The lowest BCUT2D eigenvalue weighted by molar-refractivity contribution is -0.384. The molecular formula is C7H5F2NO3S. The van der Waals surface area contributed by atoms with Gasteiger partial charge in [0.25, 0.3) is 5.69 Å². The highest BCUT2D eigenvalue weighted by atomic mass is 32.2. The predicted molar refractivity (Wildman–Crippen MR) is 45.5 cm³/mol. The normalized spacial score (nSPS) is 12.8. The van der Waals surface area contributed by atoms with E-state index in [0.717, 1.165) is 24.3 Å². The number of nitro groups is 1. The Labute approximate surface area is 80.2 Å². The maximum Gasteiger partial charge on any atom is 0.316 e. The van der Waals surface area contributed by atoms with Crippen LogP contribution in [0.4, 0.5) is 14.5 Å². The Hall–Kier alpha value is -1.37. The molecule has 0 spiro atoms. The average molecular weight is 221 g/mol. The van der Waals surface area contributed by atoms with E-state index in [4.69, 9.17) is 0 Å². The fourth-order valence-corrected chi connectivity index (χ4v) is 1.41. The summed E-state index contributed by atoms with van der Waals surface area (Å²) in [6.07, 6.45) is 0. The van der Waals surface area contributed by atoms with Crippen LogP contribution < -0.4 is 0 Å². The predicted octanol–water partition coefficient (Wildman–Crippen LogP) is 1.93. The van der Waals surface area contributed by atoms with Crippen molar-refractivity contribution >= 4 is 16.5 Å². The lowest BCUT2D eigenvalue weighted by Gasteiger charge is -1.99. The Bertz CT molecular complexity index is 366. The average Bonchev–Trinajstić information content (AvgIpc) is 2.16. The van der Waals surface area contributed by atoms with Crippen molar-refractivity contribution in [2.75, 3.05) is 0 Å².